The quantitative estimate of drug-likeness (QED) is 0.621. The highest BCUT2D eigenvalue weighted by molar-refractivity contribution is 5.88. The number of nitrogens with one attached hydrogen (secondary N) is 2. The lowest BCUT2D eigenvalue weighted by Gasteiger charge is -2.21. The van der Waals surface area contributed by atoms with Gasteiger partial charge in [0.25, 0.3) is 0 Å². The van der Waals surface area contributed by atoms with Gasteiger partial charge >= 0.3 is 0 Å². The van der Waals surface area contributed by atoms with E-state index in [-0.39, 0.29) is 23.7 Å². The number of amides is 2. The Balaban J connectivity index is 4.25. The molecule has 4 N–H and O–H groups in total. The summed E-state index contributed by atoms with van der Waals surface area (Å²) < 4.78 is 0. The lowest BCUT2D eigenvalue weighted by Crippen LogP contribution is -2.49. The molecular formula is C13H27N3O2. The number of nitrogens with two attached hydrogens (primary N) is 1. The fraction of sp³-hybridized carbons (Fsp3) is 0.846. The minimum atomic E-state index is -0.524. The van der Waals surface area contributed by atoms with Crippen LogP contribution in [0.25, 0.3) is 0 Å². The van der Waals surface area contributed by atoms with Crippen LogP contribution < -0.4 is 16.4 Å². The van der Waals surface area contributed by atoms with Crippen molar-refractivity contribution in [2.45, 2.75) is 40.7 Å². The fourth-order valence-corrected chi connectivity index (χ4v) is 1.53. The summed E-state index contributed by atoms with van der Waals surface area (Å²) in [4.78, 5) is 23.6. The van der Waals surface area contributed by atoms with E-state index in [2.05, 4.69) is 10.6 Å². The summed E-state index contributed by atoms with van der Waals surface area (Å²) in [6.07, 6.45) is 0. The zero-order valence-corrected chi connectivity index (χ0v) is 12.1. The Hall–Kier alpha value is -1.10. The Labute approximate surface area is 110 Å². The third kappa shape index (κ3) is 6.00. The molecule has 0 aromatic heterocycles. The maximum Gasteiger partial charge on any atom is 0.242 e. The average molecular weight is 257 g/mol. The number of carbonyl (C=O) groups is 2. The summed E-state index contributed by atoms with van der Waals surface area (Å²) in [5.74, 6) is 0.00635. The first-order chi connectivity index (χ1) is 8.29. The average Bonchev–Trinajstić information content (AvgIpc) is 2.25. The minimum Gasteiger partial charge on any atom is -0.354 e. The van der Waals surface area contributed by atoms with Gasteiger partial charge in [-0.25, -0.2) is 0 Å². The summed E-state index contributed by atoms with van der Waals surface area (Å²) >= 11 is 0. The molecule has 5 heteroatoms. The van der Waals surface area contributed by atoms with Gasteiger partial charge in [0, 0.05) is 13.1 Å². The van der Waals surface area contributed by atoms with Crippen LogP contribution in [-0.4, -0.2) is 30.9 Å². The zero-order valence-electron chi connectivity index (χ0n) is 12.1. The molecule has 5 nitrogen and oxygen atoms in total. The summed E-state index contributed by atoms with van der Waals surface area (Å²) in [7, 11) is 0. The normalized spacial score (nSPS) is 14.4. The van der Waals surface area contributed by atoms with Crippen molar-refractivity contribution < 1.29 is 9.59 Å². The van der Waals surface area contributed by atoms with Crippen molar-refractivity contribution in [1.29, 1.82) is 0 Å². The first-order valence-electron chi connectivity index (χ1n) is 6.57. The van der Waals surface area contributed by atoms with E-state index in [1.807, 2.05) is 27.7 Å². The molecule has 106 valence electrons. The molecule has 0 rings (SSSR count). The third-order valence-corrected chi connectivity index (χ3v) is 2.83. The fourth-order valence-electron chi connectivity index (χ4n) is 1.53. The first-order valence-corrected chi connectivity index (χ1v) is 6.57. The summed E-state index contributed by atoms with van der Waals surface area (Å²) in [5, 5.41) is 5.49. The first kappa shape index (κ1) is 16.9. The number of hydrogen-bond donors (Lipinski definition) is 3. The van der Waals surface area contributed by atoms with E-state index in [0.29, 0.717) is 19.0 Å². The van der Waals surface area contributed by atoms with E-state index < -0.39 is 6.04 Å². The second kappa shape index (κ2) is 8.08. The van der Waals surface area contributed by atoms with E-state index in [9.17, 15) is 9.59 Å². The molecule has 18 heavy (non-hydrogen) atoms. The Morgan fingerprint density at radius 1 is 1.06 bits per heavy atom. The monoisotopic (exact) mass is 257 g/mol. The van der Waals surface area contributed by atoms with Crippen molar-refractivity contribution in [2.24, 2.45) is 23.5 Å². The van der Waals surface area contributed by atoms with E-state index in [1.165, 1.54) is 0 Å². The van der Waals surface area contributed by atoms with Crippen LogP contribution in [0.3, 0.4) is 0 Å². The Morgan fingerprint density at radius 3 is 2.00 bits per heavy atom. The molecule has 2 atom stereocenters. The highest BCUT2D eigenvalue weighted by atomic mass is 16.2. The van der Waals surface area contributed by atoms with Gasteiger partial charge in [0.15, 0.2) is 0 Å². The van der Waals surface area contributed by atoms with E-state index in [0.717, 1.165) is 0 Å². The molecule has 0 radical (unpaired) electrons. The highest BCUT2D eigenvalue weighted by Gasteiger charge is 2.23. The standard InChI is InChI=1S/C13H27N3O2/c1-8(2)7-15-12(17)10(5)16-13(18)11(6-14)9(3)4/h8-11H,6-7,14H2,1-5H3,(H,15,17)(H,16,18). The van der Waals surface area contributed by atoms with Gasteiger partial charge < -0.3 is 16.4 Å². The van der Waals surface area contributed by atoms with E-state index in [1.54, 1.807) is 6.92 Å². The lowest BCUT2D eigenvalue weighted by molar-refractivity contribution is -0.131. The minimum absolute atomic E-state index is 0.153. The molecule has 0 saturated carbocycles. The van der Waals surface area contributed by atoms with Gasteiger partial charge in [-0.1, -0.05) is 27.7 Å². The third-order valence-electron chi connectivity index (χ3n) is 2.83. The molecule has 0 aliphatic heterocycles. The van der Waals surface area contributed by atoms with Gasteiger partial charge in [-0.05, 0) is 18.8 Å². The van der Waals surface area contributed by atoms with Crippen LogP contribution in [-0.2, 0) is 9.59 Å². The van der Waals surface area contributed by atoms with Crippen molar-refractivity contribution in [3.05, 3.63) is 0 Å². The van der Waals surface area contributed by atoms with Gasteiger partial charge in [-0.15, -0.1) is 0 Å². The molecule has 2 unspecified atom stereocenters. The molecule has 0 aliphatic carbocycles. The van der Waals surface area contributed by atoms with Crippen LogP contribution in [0, 0.1) is 17.8 Å². The summed E-state index contributed by atoms with van der Waals surface area (Å²) in [6, 6.07) is -0.524. The smallest absolute Gasteiger partial charge is 0.242 e. The second-order valence-electron chi connectivity index (χ2n) is 5.46. The molecule has 2 amide bonds. The topological polar surface area (TPSA) is 84.2 Å². The van der Waals surface area contributed by atoms with Gasteiger partial charge in [-0.3, -0.25) is 9.59 Å². The predicted molar refractivity (Wildman–Crippen MR) is 72.8 cm³/mol. The Bertz CT molecular complexity index is 277. The Morgan fingerprint density at radius 2 is 1.61 bits per heavy atom. The zero-order chi connectivity index (χ0) is 14.3. The lowest BCUT2D eigenvalue weighted by atomic mass is 9.95. The van der Waals surface area contributed by atoms with Crippen molar-refractivity contribution in [1.82, 2.24) is 10.6 Å². The van der Waals surface area contributed by atoms with Gasteiger partial charge in [0.1, 0.15) is 6.04 Å². The molecule has 0 fully saturated rings. The molecule has 0 heterocycles. The van der Waals surface area contributed by atoms with Crippen molar-refractivity contribution in [3.63, 3.8) is 0 Å². The van der Waals surface area contributed by atoms with Crippen LogP contribution in [0.15, 0.2) is 0 Å². The van der Waals surface area contributed by atoms with Crippen LogP contribution in [0.5, 0.6) is 0 Å². The van der Waals surface area contributed by atoms with Gasteiger partial charge in [0.2, 0.25) is 11.8 Å². The van der Waals surface area contributed by atoms with Crippen LogP contribution in [0.4, 0.5) is 0 Å². The molecule has 0 aromatic carbocycles. The molecular weight excluding hydrogens is 230 g/mol. The van der Waals surface area contributed by atoms with Crippen LogP contribution in [0.2, 0.25) is 0 Å². The molecule has 0 saturated heterocycles. The van der Waals surface area contributed by atoms with E-state index in [4.69, 9.17) is 5.73 Å². The van der Waals surface area contributed by atoms with Crippen molar-refractivity contribution in [3.8, 4) is 0 Å². The molecule has 0 aromatic rings. The van der Waals surface area contributed by atoms with Crippen molar-refractivity contribution in [2.75, 3.05) is 13.1 Å². The maximum absolute atomic E-state index is 11.9. The molecule has 0 spiro atoms. The summed E-state index contributed by atoms with van der Waals surface area (Å²) in [6.45, 7) is 10.5. The SMILES string of the molecule is CC(C)CNC(=O)C(C)NC(=O)C(CN)C(C)C. The molecule has 0 bridgehead atoms. The predicted octanol–water partition coefficient (Wildman–Crippen LogP) is 0.494. The van der Waals surface area contributed by atoms with Crippen molar-refractivity contribution >= 4 is 11.8 Å². The van der Waals surface area contributed by atoms with E-state index >= 15 is 0 Å². The Kier molecular flexibility index (Phi) is 7.59. The van der Waals surface area contributed by atoms with Gasteiger partial charge in [0.05, 0.1) is 5.92 Å². The van der Waals surface area contributed by atoms with Gasteiger partial charge in [-0.2, -0.15) is 0 Å². The molecule has 0 aliphatic rings. The van der Waals surface area contributed by atoms with Crippen LogP contribution >= 0.6 is 0 Å². The largest absolute Gasteiger partial charge is 0.354 e. The number of hydrogen-bond acceptors (Lipinski definition) is 3. The summed E-state index contributed by atoms with van der Waals surface area (Å²) in [5.41, 5.74) is 5.56. The highest BCUT2D eigenvalue weighted by Crippen LogP contribution is 2.09. The maximum atomic E-state index is 11.9. The van der Waals surface area contributed by atoms with Crippen LogP contribution in [0.1, 0.15) is 34.6 Å². The number of carbonyl (C=O) groups excluding carboxylic acids is 2. The number of rotatable bonds is 7. The second-order valence-corrected chi connectivity index (χ2v) is 5.46.